The average Bonchev–Trinajstić information content (AvgIpc) is 2.53. The number of rotatable bonds is 6. The van der Waals surface area contributed by atoms with E-state index in [4.69, 9.17) is 4.74 Å². The number of aryl methyl sites for hydroxylation is 1. The standard InChI is InChI=1S/C9H14N2O2S/c1-3-4-8-10-9(14-11-8)5-7(12)6-13-2/h3-6H2,1-2H3. The lowest BCUT2D eigenvalue weighted by atomic mass is 10.3. The van der Waals surface area contributed by atoms with Gasteiger partial charge in [-0.15, -0.1) is 0 Å². The van der Waals surface area contributed by atoms with Crippen LogP contribution in [0.3, 0.4) is 0 Å². The van der Waals surface area contributed by atoms with Gasteiger partial charge in [-0.3, -0.25) is 4.79 Å². The summed E-state index contributed by atoms with van der Waals surface area (Å²) in [4.78, 5) is 15.4. The van der Waals surface area contributed by atoms with Crippen LogP contribution in [0.25, 0.3) is 0 Å². The molecule has 0 aliphatic rings. The monoisotopic (exact) mass is 214 g/mol. The molecule has 1 heterocycles. The van der Waals surface area contributed by atoms with Gasteiger partial charge in [-0.05, 0) is 18.0 Å². The van der Waals surface area contributed by atoms with E-state index in [0.29, 0.717) is 6.42 Å². The lowest BCUT2D eigenvalue weighted by Crippen LogP contribution is -2.09. The molecule has 14 heavy (non-hydrogen) atoms. The fraction of sp³-hybridized carbons (Fsp3) is 0.667. The summed E-state index contributed by atoms with van der Waals surface area (Å²) in [5, 5.41) is 0.788. The van der Waals surface area contributed by atoms with Gasteiger partial charge >= 0.3 is 0 Å². The first kappa shape index (κ1) is 11.3. The molecular formula is C9H14N2O2S. The van der Waals surface area contributed by atoms with E-state index in [1.165, 1.54) is 18.6 Å². The maximum atomic E-state index is 11.2. The maximum Gasteiger partial charge on any atom is 0.165 e. The van der Waals surface area contributed by atoms with Gasteiger partial charge in [0.2, 0.25) is 0 Å². The summed E-state index contributed by atoms with van der Waals surface area (Å²) in [5.41, 5.74) is 0. The highest BCUT2D eigenvalue weighted by Crippen LogP contribution is 2.07. The van der Waals surface area contributed by atoms with Gasteiger partial charge in [0.25, 0.3) is 0 Å². The smallest absolute Gasteiger partial charge is 0.165 e. The van der Waals surface area contributed by atoms with Crippen molar-refractivity contribution in [3.63, 3.8) is 0 Å². The van der Waals surface area contributed by atoms with Crippen LogP contribution in [0.4, 0.5) is 0 Å². The number of aromatic nitrogens is 2. The van der Waals surface area contributed by atoms with Gasteiger partial charge in [-0.25, -0.2) is 4.98 Å². The molecule has 0 N–H and O–H groups in total. The summed E-state index contributed by atoms with van der Waals surface area (Å²) in [7, 11) is 1.51. The Labute approximate surface area is 87.5 Å². The third kappa shape index (κ3) is 3.51. The molecule has 0 unspecified atom stereocenters. The Morgan fingerprint density at radius 3 is 3.00 bits per heavy atom. The summed E-state index contributed by atoms with van der Waals surface area (Å²) < 4.78 is 8.89. The molecule has 0 aromatic carbocycles. The first-order chi connectivity index (χ1) is 6.76. The van der Waals surface area contributed by atoms with Crippen LogP contribution < -0.4 is 0 Å². The lowest BCUT2D eigenvalue weighted by molar-refractivity contribution is -0.121. The molecule has 78 valence electrons. The average molecular weight is 214 g/mol. The van der Waals surface area contributed by atoms with E-state index >= 15 is 0 Å². The van der Waals surface area contributed by atoms with Crippen molar-refractivity contribution in [1.29, 1.82) is 0 Å². The number of carbonyl (C=O) groups excluding carboxylic acids is 1. The zero-order valence-corrected chi connectivity index (χ0v) is 9.26. The predicted molar refractivity (Wildman–Crippen MR) is 54.5 cm³/mol. The van der Waals surface area contributed by atoms with Crippen molar-refractivity contribution < 1.29 is 9.53 Å². The van der Waals surface area contributed by atoms with Crippen LogP contribution in [0.15, 0.2) is 0 Å². The maximum absolute atomic E-state index is 11.2. The molecule has 0 fully saturated rings. The van der Waals surface area contributed by atoms with E-state index in [9.17, 15) is 4.79 Å². The number of ether oxygens (including phenoxy) is 1. The molecule has 0 aliphatic carbocycles. The number of hydrogen-bond acceptors (Lipinski definition) is 5. The van der Waals surface area contributed by atoms with E-state index in [1.54, 1.807) is 0 Å². The second-order valence-electron chi connectivity index (χ2n) is 3.00. The molecule has 0 radical (unpaired) electrons. The van der Waals surface area contributed by atoms with Crippen molar-refractivity contribution >= 4 is 17.3 Å². The van der Waals surface area contributed by atoms with Crippen molar-refractivity contribution in [3.8, 4) is 0 Å². The second-order valence-corrected chi connectivity index (χ2v) is 3.84. The summed E-state index contributed by atoms with van der Waals surface area (Å²) in [6, 6.07) is 0. The molecule has 0 amide bonds. The zero-order valence-electron chi connectivity index (χ0n) is 8.45. The molecule has 0 bridgehead atoms. The van der Waals surface area contributed by atoms with Gasteiger partial charge in [-0.1, -0.05) is 6.92 Å². The van der Waals surface area contributed by atoms with E-state index in [-0.39, 0.29) is 12.4 Å². The SMILES string of the molecule is CCCc1nsc(CC(=O)COC)n1. The summed E-state index contributed by atoms with van der Waals surface area (Å²) in [6.45, 7) is 2.24. The molecular weight excluding hydrogens is 200 g/mol. The fourth-order valence-electron chi connectivity index (χ4n) is 1.07. The summed E-state index contributed by atoms with van der Waals surface area (Å²) in [6.07, 6.45) is 2.26. The van der Waals surface area contributed by atoms with Crippen molar-refractivity contribution in [2.45, 2.75) is 26.2 Å². The minimum absolute atomic E-state index is 0.0479. The Balaban J connectivity index is 2.46. The Hall–Kier alpha value is -0.810. The molecule has 4 nitrogen and oxygen atoms in total. The van der Waals surface area contributed by atoms with Crippen LogP contribution in [0, 0.1) is 0 Å². The van der Waals surface area contributed by atoms with Crippen LogP contribution >= 0.6 is 11.5 Å². The van der Waals surface area contributed by atoms with Gasteiger partial charge in [-0.2, -0.15) is 4.37 Å². The Kier molecular flexibility index (Phi) is 4.69. The molecule has 5 heteroatoms. The Bertz CT molecular complexity index is 299. The highest BCUT2D eigenvalue weighted by molar-refractivity contribution is 7.05. The first-order valence-corrected chi connectivity index (χ1v) is 5.35. The van der Waals surface area contributed by atoms with Crippen molar-refractivity contribution in [3.05, 3.63) is 10.8 Å². The van der Waals surface area contributed by atoms with Gasteiger partial charge < -0.3 is 4.74 Å². The number of carbonyl (C=O) groups is 1. The quantitative estimate of drug-likeness (QED) is 0.715. The van der Waals surface area contributed by atoms with Crippen LogP contribution in [0.2, 0.25) is 0 Å². The first-order valence-electron chi connectivity index (χ1n) is 4.58. The molecule has 0 aliphatic heterocycles. The molecule has 0 saturated heterocycles. The zero-order chi connectivity index (χ0) is 10.4. The highest BCUT2D eigenvalue weighted by atomic mass is 32.1. The Morgan fingerprint density at radius 2 is 2.36 bits per heavy atom. The van der Waals surface area contributed by atoms with Gasteiger partial charge in [0.05, 0.1) is 6.42 Å². The number of hydrogen-bond donors (Lipinski definition) is 0. The van der Waals surface area contributed by atoms with Gasteiger partial charge in [0.15, 0.2) is 5.78 Å². The van der Waals surface area contributed by atoms with Crippen molar-refractivity contribution in [1.82, 2.24) is 9.36 Å². The minimum Gasteiger partial charge on any atom is -0.377 e. The van der Waals surface area contributed by atoms with Gasteiger partial charge in [0, 0.05) is 13.5 Å². The van der Waals surface area contributed by atoms with Crippen molar-refractivity contribution in [2.24, 2.45) is 0 Å². The molecule has 1 aromatic heterocycles. The third-order valence-electron chi connectivity index (χ3n) is 1.64. The molecule has 1 aromatic rings. The number of Topliss-reactive ketones (excluding diaryl/α,β-unsaturated/α-hetero) is 1. The van der Waals surface area contributed by atoms with E-state index in [0.717, 1.165) is 23.7 Å². The minimum atomic E-state index is 0.0479. The largest absolute Gasteiger partial charge is 0.377 e. The van der Waals surface area contributed by atoms with Crippen molar-refractivity contribution in [2.75, 3.05) is 13.7 Å². The molecule has 0 saturated carbocycles. The van der Waals surface area contributed by atoms with E-state index in [2.05, 4.69) is 16.3 Å². The normalized spacial score (nSPS) is 10.4. The summed E-state index contributed by atoms with van der Waals surface area (Å²) >= 11 is 1.31. The van der Waals surface area contributed by atoms with E-state index < -0.39 is 0 Å². The Morgan fingerprint density at radius 1 is 1.57 bits per heavy atom. The molecule has 0 atom stereocenters. The van der Waals surface area contributed by atoms with Crippen LogP contribution in [0.1, 0.15) is 24.2 Å². The van der Waals surface area contributed by atoms with Crippen LogP contribution in [-0.4, -0.2) is 28.9 Å². The third-order valence-corrected chi connectivity index (χ3v) is 2.39. The lowest BCUT2D eigenvalue weighted by Gasteiger charge is -1.94. The van der Waals surface area contributed by atoms with Crippen LogP contribution in [-0.2, 0) is 22.4 Å². The number of ketones is 1. The number of methoxy groups -OCH3 is 1. The van der Waals surface area contributed by atoms with E-state index in [1.807, 2.05) is 0 Å². The second kappa shape index (κ2) is 5.82. The number of nitrogens with zero attached hydrogens (tertiary/aromatic N) is 2. The fourth-order valence-corrected chi connectivity index (χ4v) is 1.78. The predicted octanol–water partition coefficient (Wildman–Crippen LogP) is 1.25. The van der Waals surface area contributed by atoms with Gasteiger partial charge in [0.1, 0.15) is 17.4 Å². The topological polar surface area (TPSA) is 52.1 Å². The summed E-state index contributed by atoms with van der Waals surface area (Å²) in [5.74, 6) is 0.893. The molecule has 0 spiro atoms. The van der Waals surface area contributed by atoms with Crippen LogP contribution in [0.5, 0.6) is 0 Å². The highest BCUT2D eigenvalue weighted by Gasteiger charge is 2.08. The molecule has 1 rings (SSSR count).